The van der Waals surface area contributed by atoms with Crippen LogP contribution in [-0.2, 0) is 6.42 Å². The average Bonchev–Trinajstić information content (AvgIpc) is 2.78. The van der Waals surface area contributed by atoms with Crippen LogP contribution >= 0.6 is 11.6 Å². The zero-order valence-corrected chi connectivity index (χ0v) is 9.67. The standard InChI is InChI=1S/C14H9ClFO/c15-12-3-1-9(2-4-12)11-7-10-5-6-17-14(10)13(16)8-11/h1-4,6-8H,5H2. The molecular formula is C14H9ClFO. The van der Waals surface area contributed by atoms with E-state index in [-0.39, 0.29) is 5.82 Å². The van der Waals surface area contributed by atoms with Crippen molar-refractivity contribution < 1.29 is 9.13 Å². The second-order valence-corrected chi connectivity index (χ2v) is 4.38. The lowest BCUT2D eigenvalue weighted by Gasteiger charge is -2.06. The van der Waals surface area contributed by atoms with Crippen LogP contribution in [0.4, 0.5) is 4.39 Å². The smallest absolute Gasteiger partial charge is 0.165 e. The molecule has 1 radical (unpaired) electrons. The summed E-state index contributed by atoms with van der Waals surface area (Å²) in [7, 11) is 0. The van der Waals surface area contributed by atoms with E-state index in [0.29, 0.717) is 17.2 Å². The molecule has 2 aromatic rings. The number of ether oxygens (including phenoxy) is 1. The summed E-state index contributed by atoms with van der Waals surface area (Å²) in [6.07, 6.45) is 0.647. The Morgan fingerprint density at radius 1 is 1.06 bits per heavy atom. The van der Waals surface area contributed by atoms with E-state index < -0.39 is 0 Å². The van der Waals surface area contributed by atoms with Gasteiger partial charge >= 0.3 is 0 Å². The summed E-state index contributed by atoms with van der Waals surface area (Å²) in [5.41, 5.74) is 2.68. The lowest BCUT2D eigenvalue weighted by Crippen LogP contribution is -1.87. The number of rotatable bonds is 1. The van der Waals surface area contributed by atoms with Crippen LogP contribution in [0.1, 0.15) is 5.56 Å². The van der Waals surface area contributed by atoms with E-state index in [4.69, 9.17) is 16.3 Å². The molecule has 0 atom stereocenters. The third-order valence-electron chi connectivity index (χ3n) is 2.80. The maximum absolute atomic E-state index is 13.7. The molecule has 85 valence electrons. The zero-order chi connectivity index (χ0) is 11.8. The quantitative estimate of drug-likeness (QED) is 0.732. The van der Waals surface area contributed by atoms with Gasteiger partial charge in [0.15, 0.2) is 11.6 Å². The molecule has 0 spiro atoms. The van der Waals surface area contributed by atoms with E-state index in [1.807, 2.05) is 18.2 Å². The van der Waals surface area contributed by atoms with Gasteiger partial charge in [-0.25, -0.2) is 4.39 Å². The van der Waals surface area contributed by atoms with Gasteiger partial charge in [0.2, 0.25) is 0 Å². The van der Waals surface area contributed by atoms with Gasteiger partial charge in [0.05, 0.1) is 0 Å². The average molecular weight is 248 g/mol. The van der Waals surface area contributed by atoms with E-state index in [9.17, 15) is 4.39 Å². The predicted molar refractivity (Wildman–Crippen MR) is 65.5 cm³/mol. The van der Waals surface area contributed by atoms with Crippen molar-refractivity contribution in [1.29, 1.82) is 0 Å². The minimum Gasteiger partial charge on any atom is -0.483 e. The topological polar surface area (TPSA) is 9.23 Å². The zero-order valence-electron chi connectivity index (χ0n) is 8.91. The van der Waals surface area contributed by atoms with Crippen LogP contribution in [-0.4, -0.2) is 0 Å². The van der Waals surface area contributed by atoms with Gasteiger partial charge < -0.3 is 4.74 Å². The minimum absolute atomic E-state index is 0.318. The number of fused-ring (bicyclic) bond motifs is 1. The van der Waals surface area contributed by atoms with Crippen molar-refractivity contribution in [2.75, 3.05) is 0 Å². The van der Waals surface area contributed by atoms with E-state index >= 15 is 0 Å². The Morgan fingerprint density at radius 2 is 1.82 bits per heavy atom. The van der Waals surface area contributed by atoms with E-state index in [2.05, 4.69) is 0 Å². The van der Waals surface area contributed by atoms with Gasteiger partial charge in [0, 0.05) is 17.0 Å². The second-order valence-electron chi connectivity index (χ2n) is 3.94. The normalized spacial score (nSPS) is 13.3. The largest absolute Gasteiger partial charge is 0.483 e. The number of halogens is 2. The maximum Gasteiger partial charge on any atom is 0.165 e. The summed E-state index contributed by atoms with van der Waals surface area (Å²) in [6, 6.07) is 10.8. The molecule has 3 heteroatoms. The Balaban J connectivity index is 2.10. The molecule has 17 heavy (non-hydrogen) atoms. The monoisotopic (exact) mass is 247 g/mol. The van der Waals surface area contributed by atoms with Gasteiger partial charge in [-0.05, 0) is 35.4 Å². The fourth-order valence-corrected chi connectivity index (χ4v) is 2.08. The molecule has 1 heterocycles. The predicted octanol–water partition coefficient (Wildman–Crippen LogP) is 4.24. The first-order valence-electron chi connectivity index (χ1n) is 5.31. The van der Waals surface area contributed by atoms with Crippen molar-refractivity contribution >= 4 is 11.6 Å². The summed E-state index contributed by atoms with van der Waals surface area (Å²) in [6.45, 7) is 1.61. The summed E-state index contributed by atoms with van der Waals surface area (Å²) in [5, 5.41) is 0.673. The van der Waals surface area contributed by atoms with Gasteiger partial charge in [-0.1, -0.05) is 23.7 Å². The molecule has 1 aliphatic heterocycles. The van der Waals surface area contributed by atoms with Crippen molar-refractivity contribution in [2.45, 2.75) is 6.42 Å². The maximum atomic E-state index is 13.7. The summed E-state index contributed by atoms with van der Waals surface area (Å²) < 4.78 is 18.9. The fraction of sp³-hybridized carbons (Fsp3) is 0.0714. The van der Waals surface area contributed by atoms with Gasteiger partial charge in [0.25, 0.3) is 0 Å². The van der Waals surface area contributed by atoms with Crippen molar-refractivity contribution in [1.82, 2.24) is 0 Å². The van der Waals surface area contributed by atoms with Crippen LogP contribution in [0.3, 0.4) is 0 Å². The Bertz CT molecular complexity index is 563. The molecule has 0 N–H and O–H groups in total. The second kappa shape index (κ2) is 4.04. The first kappa shape index (κ1) is 10.6. The third-order valence-corrected chi connectivity index (χ3v) is 3.05. The highest BCUT2D eigenvalue weighted by molar-refractivity contribution is 6.30. The molecule has 2 aromatic carbocycles. The molecule has 3 rings (SSSR count). The van der Waals surface area contributed by atoms with E-state index in [1.54, 1.807) is 18.7 Å². The van der Waals surface area contributed by atoms with Crippen molar-refractivity contribution in [3.8, 4) is 16.9 Å². The van der Waals surface area contributed by atoms with Crippen LogP contribution in [0.2, 0.25) is 5.02 Å². The number of benzene rings is 2. The van der Waals surface area contributed by atoms with Crippen LogP contribution in [0.5, 0.6) is 5.75 Å². The van der Waals surface area contributed by atoms with E-state index in [0.717, 1.165) is 16.7 Å². The third kappa shape index (κ3) is 1.89. The van der Waals surface area contributed by atoms with E-state index in [1.165, 1.54) is 6.07 Å². The Morgan fingerprint density at radius 3 is 2.59 bits per heavy atom. The van der Waals surface area contributed by atoms with Crippen molar-refractivity contribution in [3.05, 3.63) is 59.4 Å². The highest BCUT2D eigenvalue weighted by atomic mass is 35.5. The summed E-state index contributed by atoms with van der Waals surface area (Å²) in [5.74, 6) is 0.0314. The van der Waals surface area contributed by atoms with Crippen LogP contribution < -0.4 is 4.74 Å². The SMILES string of the molecule is Fc1cc(-c2ccc(Cl)cc2)cc2c1O[CH]C2. The van der Waals surface area contributed by atoms with Gasteiger partial charge in [-0.15, -0.1) is 0 Å². The van der Waals surface area contributed by atoms with Gasteiger partial charge in [-0.3, -0.25) is 0 Å². The minimum atomic E-state index is -0.318. The molecule has 0 fully saturated rings. The molecule has 0 bridgehead atoms. The molecule has 0 saturated carbocycles. The highest BCUT2D eigenvalue weighted by Gasteiger charge is 2.18. The lowest BCUT2D eigenvalue weighted by atomic mass is 10.0. The molecule has 0 aromatic heterocycles. The van der Waals surface area contributed by atoms with Crippen LogP contribution in [0.25, 0.3) is 11.1 Å². The first-order valence-corrected chi connectivity index (χ1v) is 5.68. The molecule has 0 aliphatic carbocycles. The summed E-state index contributed by atoms with van der Waals surface area (Å²) >= 11 is 5.83. The molecule has 0 unspecified atom stereocenters. The molecular weight excluding hydrogens is 239 g/mol. The van der Waals surface area contributed by atoms with Crippen LogP contribution in [0.15, 0.2) is 36.4 Å². The van der Waals surface area contributed by atoms with Crippen molar-refractivity contribution in [3.63, 3.8) is 0 Å². The van der Waals surface area contributed by atoms with Crippen LogP contribution in [0, 0.1) is 12.4 Å². The molecule has 1 aliphatic rings. The van der Waals surface area contributed by atoms with Gasteiger partial charge in [0.1, 0.15) is 6.61 Å². The van der Waals surface area contributed by atoms with Gasteiger partial charge in [-0.2, -0.15) is 0 Å². The number of hydrogen-bond acceptors (Lipinski definition) is 1. The Labute approximate surface area is 104 Å². The molecule has 1 nitrogen and oxygen atoms in total. The number of hydrogen-bond donors (Lipinski definition) is 0. The fourth-order valence-electron chi connectivity index (χ4n) is 1.96. The Hall–Kier alpha value is -1.54. The lowest BCUT2D eigenvalue weighted by molar-refractivity contribution is 0.407. The first-order chi connectivity index (χ1) is 8.24. The Kier molecular flexibility index (Phi) is 2.52. The highest BCUT2D eigenvalue weighted by Crippen LogP contribution is 2.34. The summed E-state index contributed by atoms with van der Waals surface area (Å²) in [4.78, 5) is 0. The molecule has 0 amide bonds. The van der Waals surface area contributed by atoms with Crippen molar-refractivity contribution in [2.24, 2.45) is 0 Å². The molecule has 0 saturated heterocycles.